The Labute approximate surface area is 246 Å². The molecule has 4 rings (SSSR count). The zero-order valence-electron chi connectivity index (χ0n) is 21.7. The number of amides is 1. The molecule has 3 heterocycles. The maximum Gasteiger partial charge on any atom is 0.406 e. The van der Waals surface area contributed by atoms with E-state index in [0.717, 1.165) is 15.3 Å². The first-order valence-corrected chi connectivity index (χ1v) is 16.8. The average Bonchev–Trinajstić information content (AvgIpc) is 3.74. The van der Waals surface area contributed by atoms with Crippen molar-refractivity contribution in [1.29, 1.82) is 0 Å². The highest BCUT2D eigenvalue weighted by molar-refractivity contribution is 7.91. The van der Waals surface area contributed by atoms with Gasteiger partial charge in [0.1, 0.15) is 4.21 Å². The topological polar surface area (TPSA) is 107 Å². The first-order chi connectivity index (χ1) is 19.3. The summed E-state index contributed by atoms with van der Waals surface area (Å²) in [5.74, 6) is 0. The van der Waals surface area contributed by atoms with Crippen LogP contribution in [0.2, 0.25) is 0 Å². The summed E-state index contributed by atoms with van der Waals surface area (Å²) in [7, 11) is -3.72. The lowest BCUT2D eigenvalue weighted by Gasteiger charge is -2.39. The summed E-state index contributed by atoms with van der Waals surface area (Å²) in [6, 6.07) is 20.5. The molecule has 0 aliphatic heterocycles. The predicted molar refractivity (Wildman–Crippen MR) is 160 cm³/mol. The van der Waals surface area contributed by atoms with E-state index >= 15 is 0 Å². The minimum atomic E-state index is -3.72. The van der Waals surface area contributed by atoms with Gasteiger partial charge in [0.15, 0.2) is 11.9 Å². The highest BCUT2D eigenvalue weighted by Gasteiger charge is 2.38. The van der Waals surface area contributed by atoms with Crippen LogP contribution in [0.4, 0.5) is 4.79 Å². The number of carboxylic acid groups (broad SMARTS) is 1. The van der Waals surface area contributed by atoms with Crippen LogP contribution in [0, 0.1) is 0 Å². The van der Waals surface area contributed by atoms with Crippen molar-refractivity contribution in [2.45, 2.75) is 48.8 Å². The molecule has 212 valence electrons. The number of thiophene rings is 3. The Hall–Kier alpha value is -2.87. The molecule has 1 aromatic carbocycles. The number of carbonyl (C=O) groups excluding carboxylic acids is 1. The molecule has 8 nitrogen and oxygen atoms in total. The van der Waals surface area contributed by atoms with Crippen molar-refractivity contribution < 1.29 is 23.1 Å². The molecule has 0 saturated carbocycles. The first kappa shape index (κ1) is 30.1. The highest BCUT2D eigenvalue weighted by atomic mass is 32.2. The number of unbranched alkanes of at least 4 members (excludes halogenated alkanes) is 1. The maximum atomic E-state index is 13.4. The van der Waals surface area contributed by atoms with Gasteiger partial charge in [0.2, 0.25) is 0 Å². The Morgan fingerprint density at radius 3 is 2.00 bits per heavy atom. The lowest BCUT2D eigenvalue weighted by Crippen LogP contribution is -2.61. The van der Waals surface area contributed by atoms with Gasteiger partial charge in [-0.2, -0.15) is 4.31 Å². The van der Waals surface area contributed by atoms with Crippen molar-refractivity contribution in [3.05, 3.63) is 98.2 Å². The molecule has 12 heteroatoms. The summed E-state index contributed by atoms with van der Waals surface area (Å²) in [5.41, 5.74) is -0.605. The fourth-order valence-corrected chi connectivity index (χ4v) is 8.51. The largest absolute Gasteiger partial charge is 0.465 e. The van der Waals surface area contributed by atoms with E-state index in [2.05, 4.69) is 5.32 Å². The summed E-state index contributed by atoms with van der Waals surface area (Å²) in [4.78, 5) is 28.5. The van der Waals surface area contributed by atoms with Gasteiger partial charge >= 0.3 is 6.09 Å². The van der Waals surface area contributed by atoms with Gasteiger partial charge in [0.05, 0.1) is 0 Å². The third kappa shape index (κ3) is 7.87. The van der Waals surface area contributed by atoms with Gasteiger partial charge in [-0.25, -0.2) is 13.2 Å². The molecule has 1 atom stereocenters. The predicted octanol–water partition coefficient (Wildman–Crippen LogP) is 6.10. The lowest BCUT2D eigenvalue weighted by atomic mass is 10.0. The second-order valence-corrected chi connectivity index (χ2v) is 14.4. The van der Waals surface area contributed by atoms with Crippen LogP contribution >= 0.6 is 34.0 Å². The maximum absolute atomic E-state index is 13.4. The molecule has 0 fully saturated rings. The SMILES string of the molecule is O=C[C@@](CCCCN(Cc1ccccc1)S(=O)(=O)c1cccs1)(NC(=O)O)N(Cc1cccs1)Cc1cccs1. The van der Waals surface area contributed by atoms with Gasteiger partial charge in [-0.05, 0) is 59.2 Å². The molecule has 1 amide bonds. The van der Waals surface area contributed by atoms with E-state index in [0.29, 0.717) is 32.2 Å². The Kier molecular flexibility index (Phi) is 10.6. The molecule has 2 N–H and O–H groups in total. The second kappa shape index (κ2) is 14.2. The summed E-state index contributed by atoms with van der Waals surface area (Å²) >= 11 is 4.26. The molecule has 3 aromatic heterocycles. The van der Waals surface area contributed by atoms with Crippen LogP contribution in [-0.4, -0.2) is 47.3 Å². The van der Waals surface area contributed by atoms with Crippen LogP contribution in [0.15, 0.2) is 87.1 Å². The fourth-order valence-electron chi connectivity index (χ4n) is 4.46. The first-order valence-electron chi connectivity index (χ1n) is 12.7. The monoisotopic (exact) mass is 617 g/mol. The Morgan fingerprint density at radius 2 is 1.48 bits per heavy atom. The molecule has 4 aromatic rings. The van der Waals surface area contributed by atoms with E-state index < -0.39 is 21.8 Å². The Bertz CT molecular complexity index is 1390. The van der Waals surface area contributed by atoms with Crippen LogP contribution in [0.1, 0.15) is 34.6 Å². The minimum Gasteiger partial charge on any atom is -0.465 e. The van der Waals surface area contributed by atoms with Crippen molar-refractivity contribution in [3.8, 4) is 0 Å². The van der Waals surface area contributed by atoms with Crippen LogP contribution in [0.5, 0.6) is 0 Å². The molecule has 0 aliphatic carbocycles. The number of nitrogens with zero attached hydrogens (tertiary/aromatic N) is 2. The Balaban J connectivity index is 1.52. The molecule has 40 heavy (non-hydrogen) atoms. The van der Waals surface area contributed by atoms with Crippen LogP contribution in [0.25, 0.3) is 0 Å². The van der Waals surface area contributed by atoms with Crippen molar-refractivity contribution >= 4 is 56.4 Å². The average molecular weight is 618 g/mol. The second-order valence-electron chi connectivity index (χ2n) is 9.20. The molecule has 0 bridgehead atoms. The number of hydrogen-bond donors (Lipinski definition) is 2. The van der Waals surface area contributed by atoms with E-state index in [1.165, 1.54) is 15.6 Å². The smallest absolute Gasteiger partial charge is 0.406 e. The van der Waals surface area contributed by atoms with E-state index in [-0.39, 0.29) is 23.7 Å². The summed E-state index contributed by atoms with van der Waals surface area (Å²) in [5, 5.41) is 17.9. The zero-order chi connectivity index (χ0) is 28.4. The van der Waals surface area contributed by atoms with Gasteiger partial charge in [-0.15, -0.1) is 34.0 Å². The van der Waals surface area contributed by atoms with Gasteiger partial charge in [-0.3, -0.25) is 15.0 Å². The number of rotatable bonds is 16. The number of aldehydes is 1. The number of carbonyl (C=O) groups is 2. The van der Waals surface area contributed by atoms with E-state index in [9.17, 15) is 23.1 Å². The summed E-state index contributed by atoms with van der Waals surface area (Å²) in [6.07, 6.45) is 0.445. The van der Waals surface area contributed by atoms with Crippen LogP contribution < -0.4 is 5.32 Å². The third-order valence-electron chi connectivity index (χ3n) is 6.44. The standard InChI is InChI=1S/C28H31N3O5S4/c32-22-28(29-27(33)34,30(20-24-11-6-16-37-24)21-25-12-7-17-38-25)14-4-5-15-31(19-23-9-2-1-3-10-23)40(35,36)26-13-8-18-39-26/h1-3,6-13,16-18,22,29H,4-5,14-15,19-21H2,(H,33,34)/t28-/m0/s1. The van der Waals surface area contributed by atoms with E-state index in [1.807, 2.05) is 70.3 Å². The normalized spacial score (nSPS) is 13.3. The quantitative estimate of drug-likeness (QED) is 0.0895. The van der Waals surface area contributed by atoms with E-state index in [1.54, 1.807) is 40.2 Å². The number of sulfonamides is 1. The van der Waals surface area contributed by atoms with Crippen molar-refractivity contribution in [1.82, 2.24) is 14.5 Å². The molecule has 0 spiro atoms. The molecule has 0 saturated heterocycles. The van der Waals surface area contributed by atoms with Crippen molar-refractivity contribution in [2.75, 3.05) is 6.54 Å². The fraction of sp³-hybridized carbons (Fsp3) is 0.286. The van der Waals surface area contributed by atoms with Crippen molar-refractivity contribution in [3.63, 3.8) is 0 Å². The molecule has 0 aliphatic rings. The van der Waals surface area contributed by atoms with Gasteiger partial charge in [-0.1, -0.05) is 48.5 Å². The van der Waals surface area contributed by atoms with Crippen LogP contribution in [0.3, 0.4) is 0 Å². The van der Waals surface area contributed by atoms with Gasteiger partial charge in [0.25, 0.3) is 10.0 Å². The highest BCUT2D eigenvalue weighted by Crippen LogP contribution is 2.28. The molecular weight excluding hydrogens is 587 g/mol. The molecule has 0 radical (unpaired) electrons. The van der Waals surface area contributed by atoms with Gasteiger partial charge < -0.3 is 5.11 Å². The molecular formula is C28H31N3O5S4. The van der Waals surface area contributed by atoms with E-state index in [4.69, 9.17) is 0 Å². The minimum absolute atomic E-state index is 0.192. The number of nitrogens with one attached hydrogen (secondary N) is 1. The lowest BCUT2D eigenvalue weighted by molar-refractivity contribution is -0.122. The third-order valence-corrected chi connectivity index (χ3v) is 11.4. The van der Waals surface area contributed by atoms with Crippen molar-refractivity contribution in [2.24, 2.45) is 0 Å². The zero-order valence-corrected chi connectivity index (χ0v) is 25.0. The van der Waals surface area contributed by atoms with Crippen LogP contribution in [-0.2, 0) is 34.5 Å². The van der Waals surface area contributed by atoms with Gasteiger partial charge in [0, 0.05) is 35.9 Å². The number of benzene rings is 1. The summed E-state index contributed by atoms with van der Waals surface area (Å²) < 4.78 is 28.6. The molecule has 0 unspecified atom stereocenters. The Morgan fingerprint density at radius 1 is 0.850 bits per heavy atom. The summed E-state index contributed by atoms with van der Waals surface area (Å²) in [6.45, 7) is 1.23. The number of hydrogen-bond acceptors (Lipinski definition) is 8.